The van der Waals surface area contributed by atoms with Crippen LogP contribution in [-0.2, 0) is 0 Å². The van der Waals surface area contributed by atoms with Gasteiger partial charge in [-0.25, -0.2) is 0 Å². The van der Waals surface area contributed by atoms with Gasteiger partial charge in [0.15, 0.2) is 0 Å². The largest absolute Gasteiger partial charge is 0.307 e. The minimum Gasteiger partial charge on any atom is -0.307 e. The fraction of sp³-hybridized carbons (Fsp3) is 0.667. The fourth-order valence-electron chi connectivity index (χ4n) is 3.52. The third-order valence-corrected chi connectivity index (χ3v) is 4.61. The molecule has 0 spiro atoms. The maximum atomic E-state index is 3.82. The summed E-state index contributed by atoms with van der Waals surface area (Å²) in [5.74, 6) is 0.877. The first kappa shape index (κ1) is 14.6. The minimum atomic E-state index is 0.454. The molecule has 0 heterocycles. The van der Waals surface area contributed by atoms with E-state index < -0.39 is 0 Å². The van der Waals surface area contributed by atoms with E-state index >= 15 is 0 Å². The SMILES string of the molecule is Cc1cc(C)cc(C(C)N[C@H](C)C2CCCCC2)c1. The normalized spacial score (nSPS) is 20.2. The standard InChI is InChI=1S/C18H29N/c1-13-10-14(2)12-18(11-13)16(4)19-15(3)17-8-6-5-7-9-17/h10-12,15-17,19H,5-9H2,1-4H3/t15-,16?/m1/s1. The summed E-state index contributed by atoms with van der Waals surface area (Å²) in [5, 5.41) is 3.82. The first-order chi connectivity index (χ1) is 9.06. The van der Waals surface area contributed by atoms with E-state index in [2.05, 4.69) is 51.2 Å². The third kappa shape index (κ3) is 4.07. The molecule has 1 aliphatic carbocycles. The number of hydrogen-bond acceptors (Lipinski definition) is 1. The van der Waals surface area contributed by atoms with E-state index in [0.29, 0.717) is 12.1 Å². The molecule has 1 nitrogen and oxygen atoms in total. The molecule has 0 saturated heterocycles. The van der Waals surface area contributed by atoms with Crippen molar-refractivity contribution >= 4 is 0 Å². The molecule has 2 rings (SSSR count). The van der Waals surface area contributed by atoms with Gasteiger partial charge in [0.05, 0.1) is 0 Å². The van der Waals surface area contributed by atoms with E-state index in [1.807, 2.05) is 0 Å². The summed E-state index contributed by atoms with van der Waals surface area (Å²) in [5.41, 5.74) is 4.17. The van der Waals surface area contributed by atoms with Gasteiger partial charge in [0, 0.05) is 12.1 Å². The van der Waals surface area contributed by atoms with Crippen molar-refractivity contribution in [1.29, 1.82) is 0 Å². The van der Waals surface area contributed by atoms with Crippen LogP contribution in [0.3, 0.4) is 0 Å². The summed E-state index contributed by atoms with van der Waals surface area (Å²) >= 11 is 0. The van der Waals surface area contributed by atoms with E-state index in [1.165, 1.54) is 48.8 Å². The quantitative estimate of drug-likeness (QED) is 0.809. The zero-order valence-corrected chi connectivity index (χ0v) is 13.0. The number of aryl methyl sites for hydroxylation is 2. The number of rotatable bonds is 4. The molecule has 1 aromatic rings. The summed E-state index contributed by atoms with van der Waals surface area (Å²) in [6.07, 6.45) is 7.11. The van der Waals surface area contributed by atoms with Crippen LogP contribution in [0.15, 0.2) is 18.2 Å². The lowest BCUT2D eigenvalue weighted by Crippen LogP contribution is -2.36. The highest BCUT2D eigenvalue weighted by molar-refractivity contribution is 5.30. The average Bonchev–Trinajstić information content (AvgIpc) is 2.38. The average molecular weight is 259 g/mol. The summed E-state index contributed by atoms with van der Waals surface area (Å²) in [4.78, 5) is 0. The Morgan fingerprint density at radius 2 is 1.53 bits per heavy atom. The summed E-state index contributed by atoms with van der Waals surface area (Å²) in [6.45, 7) is 9.05. The van der Waals surface area contributed by atoms with Gasteiger partial charge in [0.25, 0.3) is 0 Å². The molecule has 1 fully saturated rings. The van der Waals surface area contributed by atoms with Crippen LogP contribution in [0.2, 0.25) is 0 Å². The molecule has 0 radical (unpaired) electrons. The van der Waals surface area contributed by atoms with Crippen LogP contribution in [-0.4, -0.2) is 6.04 Å². The monoisotopic (exact) mass is 259 g/mol. The first-order valence-corrected chi connectivity index (χ1v) is 7.90. The maximum absolute atomic E-state index is 3.82. The molecule has 0 amide bonds. The molecule has 0 aromatic heterocycles. The van der Waals surface area contributed by atoms with Crippen LogP contribution in [0, 0.1) is 19.8 Å². The lowest BCUT2D eigenvalue weighted by atomic mass is 9.84. The molecular formula is C18H29N. The maximum Gasteiger partial charge on any atom is 0.0294 e. The Bertz CT molecular complexity index is 384. The topological polar surface area (TPSA) is 12.0 Å². The number of benzene rings is 1. The Kier molecular flexibility index (Phi) is 5.04. The summed E-state index contributed by atoms with van der Waals surface area (Å²) < 4.78 is 0. The van der Waals surface area contributed by atoms with Gasteiger partial charge in [0.1, 0.15) is 0 Å². The second kappa shape index (κ2) is 6.56. The predicted octanol–water partition coefficient (Wildman–Crippen LogP) is 4.92. The molecule has 1 aromatic carbocycles. The van der Waals surface area contributed by atoms with Crippen LogP contribution in [0.4, 0.5) is 0 Å². The van der Waals surface area contributed by atoms with Gasteiger partial charge in [-0.15, -0.1) is 0 Å². The Labute approximate surface area is 118 Å². The Morgan fingerprint density at radius 3 is 2.11 bits per heavy atom. The summed E-state index contributed by atoms with van der Waals surface area (Å²) in [6, 6.07) is 7.98. The zero-order valence-electron chi connectivity index (χ0n) is 13.0. The van der Waals surface area contributed by atoms with Crippen LogP contribution in [0.25, 0.3) is 0 Å². The van der Waals surface area contributed by atoms with Gasteiger partial charge < -0.3 is 5.32 Å². The van der Waals surface area contributed by atoms with Gasteiger partial charge in [-0.1, -0.05) is 48.6 Å². The van der Waals surface area contributed by atoms with Gasteiger partial charge >= 0.3 is 0 Å². The molecule has 2 atom stereocenters. The minimum absolute atomic E-state index is 0.454. The molecule has 1 saturated carbocycles. The second-order valence-corrected chi connectivity index (χ2v) is 6.50. The Morgan fingerprint density at radius 1 is 0.947 bits per heavy atom. The molecular weight excluding hydrogens is 230 g/mol. The van der Waals surface area contributed by atoms with E-state index in [9.17, 15) is 0 Å². The second-order valence-electron chi connectivity index (χ2n) is 6.50. The first-order valence-electron chi connectivity index (χ1n) is 7.90. The Hall–Kier alpha value is -0.820. The van der Waals surface area contributed by atoms with Gasteiger partial charge in [-0.2, -0.15) is 0 Å². The highest BCUT2D eigenvalue weighted by Crippen LogP contribution is 2.28. The van der Waals surface area contributed by atoms with Crippen LogP contribution in [0.1, 0.15) is 68.7 Å². The predicted molar refractivity (Wildman–Crippen MR) is 83.5 cm³/mol. The molecule has 1 heteroatoms. The van der Waals surface area contributed by atoms with Crippen molar-refractivity contribution in [3.05, 3.63) is 34.9 Å². The van der Waals surface area contributed by atoms with Crippen molar-refractivity contribution in [2.45, 2.75) is 71.9 Å². The van der Waals surface area contributed by atoms with Crippen molar-refractivity contribution in [2.24, 2.45) is 5.92 Å². The highest BCUT2D eigenvalue weighted by Gasteiger charge is 2.21. The van der Waals surface area contributed by atoms with Crippen molar-refractivity contribution in [3.63, 3.8) is 0 Å². The third-order valence-electron chi connectivity index (χ3n) is 4.61. The number of hydrogen-bond donors (Lipinski definition) is 1. The van der Waals surface area contributed by atoms with Gasteiger partial charge in [-0.3, -0.25) is 0 Å². The van der Waals surface area contributed by atoms with Gasteiger partial charge in [-0.05, 0) is 52.0 Å². The van der Waals surface area contributed by atoms with Crippen molar-refractivity contribution in [3.8, 4) is 0 Å². The molecule has 106 valence electrons. The van der Waals surface area contributed by atoms with Crippen LogP contribution < -0.4 is 5.32 Å². The van der Waals surface area contributed by atoms with Gasteiger partial charge in [0.2, 0.25) is 0 Å². The molecule has 0 aliphatic heterocycles. The molecule has 0 bridgehead atoms. The molecule has 1 N–H and O–H groups in total. The highest BCUT2D eigenvalue weighted by atomic mass is 14.9. The lowest BCUT2D eigenvalue weighted by Gasteiger charge is -2.31. The van der Waals surface area contributed by atoms with Crippen molar-refractivity contribution in [1.82, 2.24) is 5.32 Å². The van der Waals surface area contributed by atoms with Crippen molar-refractivity contribution in [2.75, 3.05) is 0 Å². The van der Waals surface area contributed by atoms with E-state index in [4.69, 9.17) is 0 Å². The van der Waals surface area contributed by atoms with E-state index in [-0.39, 0.29) is 0 Å². The van der Waals surface area contributed by atoms with E-state index in [0.717, 1.165) is 5.92 Å². The molecule has 19 heavy (non-hydrogen) atoms. The lowest BCUT2D eigenvalue weighted by molar-refractivity contribution is 0.268. The molecule has 1 unspecified atom stereocenters. The van der Waals surface area contributed by atoms with Crippen LogP contribution >= 0.6 is 0 Å². The van der Waals surface area contributed by atoms with E-state index in [1.54, 1.807) is 0 Å². The zero-order chi connectivity index (χ0) is 13.8. The van der Waals surface area contributed by atoms with Crippen molar-refractivity contribution < 1.29 is 0 Å². The fourth-order valence-corrected chi connectivity index (χ4v) is 3.52. The van der Waals surface area contributed by atoms with Crippen LogP contribution in [0.5, 0.6) is 0 Å². The smallest absolute Gasteiger partial charge is 0.0294 e. The summed E-state index contributed by atoms with van der Waals surface area (Å²) in [7, 11) is 0. The Balaban J connectivity index is 1.97. The number of nitrogens with one attached hydrogen (secondary N) is 1. The molecule has 1 aliphatic rings.